The Labute approximate surface area is 141 Å². The molecule has 0 heterocycles. The Bertz CT molecular complexity index is 888. The molecular formula is C18H19NO4S. The third kappa shape index (κ3) is 3.07. The van der Waals surface area contributed by atoms with Gasteiger partial charge in [-0.1, -0.05) is 24.3 Å². The highest BCUT2D eigenvalue weighted by atomic mass is 32.2. The van der Waals surface area contributed by atoms with E-state index in [4.69, 9.17) is 4.74 Å². The number of ketones is 1. The molecule has 1 aliphatic carbocycles. The Balaban J connectivity index is 1.81. The summed E-state index contributed by atoms with van der Waals surface area (Å²) in [7, 11) is -0.461. The van der Waals surface area contributed by atoms with E-state index in [1.165, 1.54) is 18.4 Å². The van der Waals surface area contributed by atoms with Gasteiger partial charge < -0.3 is 4.74 Å². The van der Waals surface area contributed by atoms with Crippen LogP contribution in [0.5, 0.6) is 5.75 Å². The van der Waals surface area contributed by atoms with Crippen LogP contribution < -0.4 is 4.74 Å². The predicted octanol–water partition coefficient (Wildman–Crippen LogP) is 2.64. The van der Waals surface area contributed by atoms with E-state index in [1.54, 1.807) is 18.2 Å². The average Bonchev–Trinajstić information content (AvgIpc) is 2.95. The maximum absolute atomic E-state index is 12.2. The Hall–Kier alpha value is -2.18. The van der Waals surface area contributed by atoms with E-state index >= 15 is 0 Å². The van der Waals surface area contributed by atoms with Gasteiger partial charge in [0.2, 0.25) is 10.0 Å². The summed E-state index contributed by atoms with van der Waals surface area (Å²) in [5.41, 5.74) is 2.44. The first kappa shape index (κ1) is 16.7. The third-order valence-electron chi connectivity index (χ3n) is 4.11. The van der Waals surface area contributed by atoms with Gasteiger partial charge in [-0.2, -0.15) is 0 Å². The molecule has 1 aliphatic rings. The van der Waals surface area contributed by atoms with Gasteiger partial charge in [0.25, 0.3) is 0 Å². The third-order valence-corrected chi connectivity index (χ3v) is 5.92. The second-order valence-electron chi connectivity index (χ2n) is 5.93. The van der Waals surface area contributed by atoms with E-state index in [0.29, 0.717) is 18.6 Å². The highest BCUT2D eigenvalue weighted by Gasteiger charge is 2.22. The van der Waals surface area contributed by atoms with Gasteiger partial charge in [0, 0.05) is 31.6 Å². The van der Waals surface area contributed by atoms with Crippen LogP contribution in [0.3, 0.4) is 0 Å². The average molecular weight is 345 g/mol. The smallest absolute Gasteiger partial charge is 0.242 e. The first-order chi connectivity index (χ1) is 11.4. The lowest BCUT2D eigenvalue weighted by Crippen LogP contribution is -2.22. The van der Waals surface area contributed by atoms with Crippen molar-refractivity contribution in [1.82, 2.24) is 4.31 Å². The van der Waals surface area contributed by atoms with E-state index in [2.05, 4.69) is 0 Å². The summed E-state index contributed by atoms with van der Waals surface area (Å²) in [6.45, 7) is 0.251. The topological polar surface area (TPSA) is 63.7 Å². The second kappa shape index (κ2) is 6.37. The van der Waals surface area contributed by atoms with Crippen molar-refractivity contribution in [3.63, 3.8) is 0 Å². The Morgan fingerprint density at radius 2 is 1.83 bits per heavy atom. The Morgan fingerprint density at radius 3 is 2.58 bits per heavy atom. The number of Topliss-reactive ketones (excluding diaryl/α,β-unsaturated/α-hetero) is 1. The molecular weight excluding hydrogens is 326 g/mol. The minimum Gasteiger partial charge on any atom is -0.489 e. The van der Waals surface area contributed by atoms with Crippen molar-refractivity contribution in [1.29, 1.82) is 0 Å². The summed E-state index contributed by atoms with van der Waals surface area (Å²) in [6, 6.07) is 12.2. The van der Waals surface area contributed by atoms with Crippen LogP contribution in [0.4, 0.5) is 0 Å². The Morgan fingerprint density at radius 1 is 1.08 bits per heavy atom. The predicted molar refractivity (Wildman–Crippen MR) is 90.7 cm³/mol. The summed E-state index contributed by atoms with van der Waals surface area (Å²) < 4.78 is 31.4. The van der Waals surface area contributed by atoms with Gasteiger partial charge in [0.15, 0.2) is 5.78 Å². The molecule has 0 amide bonds. The van der Waals surface area contributed by atoms with Crippen molar-refractivity contribution in [3.8, 4) is 5.75 Å². The van der Waals surface area contributed by atoms with E-state index < -0.39 is 10.0 Å². The van der Waals surface area contributed by atoms with Gasteiger partial charge in [-0.3, -0.25) is 4.79 Å². The zero-order chi connectivity index (χ0) is 17.3. The summed E-state index contributed by atoms with van der Waals surface area (Å²) in [5, 5.41) is 0. The summed E-state index contributed by atoms with van der Waals surface area (Å²) in [4.78, 5) is 12.0. The van der Waals surface area contributed by atoms with E-state index in [0.717, 1.165) is 16.7 Å². The molecule has 0 aromatic heterocycles. The maximum Gasteiger partial charge on any atom is 0.242 e. The lowest BCUT2D eigenvalue weighted by Gasteiger charge is -2.13. The van der Waals surface area contributed by atoms with Crippen LogP contribution >= 0.6 is 0 Å². The van der Waals surface area contributed by atoms with Crippen molar-refractivity contribution in [2.45, 2.75) is 24.3 Å². The number of rotatable bonds is 5. The number of nitrogens with zero attached hydrogens (tertiary/aromatic N) is 1. The molecule has 2 aromatic rings. The quantitative estimate of drug-likeness (QED) is 0.836. The Kier molecular flexibility index (Phi) is 4.43. The monoisotopic (exact) mass is 345 g/mol. The van der Waals surface area contributed by atoms with E-state index in [-0.39, 0.29) is 17.3 Å². The lowest BCUT2D eigenvalue weighted by atomic mass is 10.1. The normalized spacial score (nSPS) is 14.0. The van der Waals surface area contributed by atoms with E-state index in [9.17, 15) is 13.2 Å². The molecule has 2 aromatic carbocycles. The molecule has 0 radical (unpaired) electrons. The molecule has 6 heteroatoms. The van der Waals surface area contributed by atoms with Gasteiger partial charge in [-0.25, -0.2) is 12.7 Å². The molecule has 0 spiro atoms. The minimum atomic E-state index is -3.47. The van der Waals surface area contributed by atoms with Gasteiger partial charge in [-0.05, 0) is 30.2 Å². The second-order valence-corrected chi connectivity index (χ2v) is 8.08. The SMILES string of the molecule is CN(C)S(=O)(=O)c1cccc(COc2cccc3c2CCC3=O)c1. The lowest BCUT2D eigenvalue weighted by molar-refractivity contribution is 0.0994. The molecule has 0 saturated carbocycles. The standard InChI is InChI=1S/C18H19NO4S/c1-19(2)24(21,22)14-6-3-5-13(11-14)12-23-18-8-4-7-15-16(18)9-10-17(15)20/h3-8,11H,9-10,12H2,1-2H3. The first-order valence-electron chi connectivity index (χ1n) is 7.69. The molecule has 0 atom stereocenters. The minimum absolute atomic E-state index is 0.148. The van der Waals surface area contributed by atoms with Gasteiger partial charge in [0.1, 0.15) is 12.4 Å². The van der Waals surface area contributed by atoms with Crippen molar-refractivity contribution in [3.05, 3.63) is 59.2 Å². The molecule has 3 rings (SSSR count). The number of carbonyl (C=O) groups is 1. The van der Waals surface area contributed by atoms with E-state index in [1.807, 2.05) is 24.3 Å². The highest BCUT2D eigenvalue weighted by molar-refractivity contribution is 7.89. The van der Waals surface area contributed by atoms with Gasteiger partial charge in [0.05, 0.1) is 4.90 Å². The largest absolute Gasteiger partial charge is 0.489 e. The highest BCUT2D eigenvalue weighted by Crippen LogP contribution is 2.31. The summed E-state index contributed by atoms with van der Waals surface area (Å²) in [5.74, 6) is 0.841. The van der Waals surface area contributed by atoms with Gasteiger partial charge >= 0.3 is 0 Å². The number of benzene rings is 2. The molecule has 0 aliphatic heterocycles. The van der Waals surface area contributed by atoms with Crippen molar-refractivity contribution in [2.75, 3.05) is 14.1 Å². The fourth-order valence-electron chi connectivity index (χ4n) is 2.76. The first-order valence-corrected chi connectivity index (χ1v) is 9.13. The van der Waals surface area contributed by atoms with Crippen molar-refractivity contribution >= 4 is 15.8 Å². The molecule has 0 unspecified atom stereocenters. The molecule has 126 valence electrons. The molecule has 0 saturated heterocycles. The molecule has 0 fully saturated rings. The molecule has 24 heavy (non-hydrogen) atoms. The van der Waals surface area contributed by atoms with Crippen molar-refractivity contribution in [2.24, 2.45) is 0 Å². The molecule has 0 bridgehead atoms. The van der Waals surface area contributed by atoms with Crippen LogP contribution in [0.25, 0.3) is 0 Å². The van der Waals surface area contributed by atoms with Gasteiger partial charge in [-0.15, -0.1) is 0 Å². The van der Waals surface area contributed by atoms with Crippen LogP contribution in [-0.4, -0.2) is 32.6 Å². The number of fused-ring (bicyclic) bond motifs is 1. The van der Waals surface area contributed by atoms with Crippen molar-refractivity contribution < 1.29 is 17.9 Å². The fourth-order valence-corrected chi connectivity index (χ4v) is 3.73. The van der Waals surface area contributed by atoms with Crippen LogP contribution in [0, 0.1) is 0 Å². The fraction of sp³-hybridized carbons (Fsp3) is 0.278. The maximum atomic E-state index is 12.2. The number of hydrogen-bond donors (Lipinski definition) is 0. The number of hydrogen-bond acceptors (Lipinski definition) is 4. The van der Waals surface area contributed by atoms with Crippen LogP contribution in [-0.2, 0) is 23.1 Å². The zero-order valence-electron chi connectivity index (χ0n) is 13.7. The van der Waals surface area contributed by atoms with Crippen LogP contribution in [0.15, 0.2) is 47.4 Å². The van der Waals surface area contributed by atoms with Crippen LogP contribution in [0.1, 0.15) is 27.9 Å². The number of ether oxygens (including phenoxy) is 1. The summed E-state index contributed by atoms with van der Waals surface area (Å²) in [6.07, 6.45) is 1.21. The zero-order valence-corrected chi connectivity index (χ0v) is 14.5. The number of carbonyl (C=O) groups excluding carboxylic acids is 1. The number of sulfonamides is 1. The summed E-state index contributed by atoms with van der Waals surface area (Å²) >= 11 is 0. The molecule has 0 N–H and O–H groups in total. The molecule has 5 nitrogen and oxygen atoms in total. The van der Waals surface area contributed by atoms with Crippen LogP contribution in [0.2, 0.25) is 0 Å².